The van der Waals surface area contributed by atoms with Gasteiger partial charge in [-0.25, -0.2) is 10.2 Å². The molecule has 7 heteroatoms. The van der Waals surface area contributed by atoms with Gasteiger partial charge in [-0.15, -0.1) is 0 Å². The van der Waals surface area contributed by atoms with E-state index in [9.17, 15) is 9.59 Å². The van der Waals surface area contributed by atoms with E-state index in [1.807, 2.05) is 0 Å². The third kappa shape index (κ3) is 4.62. The monoisotopic (exact) mass is 245 g/mol. The molecule has 0 bridgehead atoms. The van der Waals surface area contributed by atoms with Crippen molar-refractivity contribution < 1.29 is 14.3 Å². The molecule has 1 aliphatic rings. The van der Waals surface area contributed by atoms with Gasteiger partial charge in [-0.1, -0.05) is 19.6 Å². The summed E-state index contributed by atoms with van der Waals surface area (Å²) in [5.41, 5.74) is 5.05. The summed E-state index contributed by atoms with van der Waals surface area (Å²) in [6, 6.07) is 0.398. The molecule has 3 N–H and O–H groups in total. The van der Waals surface area contributed by atoms with E-state index in [4.69, 9.17) is 4.74 Å². The zero-order valence-corrected chi connectivity index (χ0v) is 10.9. The lowest BCUT2D eigenvalue weighted by Crippen LogP contribution is -2.42. The molecule has 1 fully saturated rings. The molecule has 0 aromatic carbocycles. The van der Waals surface area contributed by atoms with E-state index in [0.29, 0.717) is 13.2 Å². The summed E-state index contributed by atoms with van der Waals surface area (Å²) in [4.78, 5) is 22.4. The molecular weight excluding hydrogens is 226 g/mol. The van der Waals surface area contributed by atoms with Crippen LogP contribution in [0.1, 0.15) is 0 Å². The van der Waals surface area contributed by atoms with Gasteiger partial charge in [0.1, 0.15) is 6.04 Å². The number of alkyl carbamates (subject to hydrolysis) is 1. The highest BCUT2D eigenvalue weighted by atomic mass is 28.3. The van der Waals surface area contributed by atoms with Crippen molar-refractivity contribution in [3.63, 3.8) is 0 Å². The maximum absolute atomic E-state index is 11.3. The van der Waals surface area contributed by atoms with E-state index in [1.165, 1.54) is 0 Å². The highest BCUT2D eigenvalue weighted by Crippen LogP contribution is 2.07. The first kappa shape index (κ1) is 13.0. The van der Waals surface area contributed by atoms with Gasteiger partial charge in [-0.05, 0) is 6.04 Å². The van der Waals surface area contributed by atoms with Crippen LogP contribution in [-0.4, -0.2) is 39.3 Å². The van der Waals surface area contributed by atoms with Crippen LogP contribution in [0, 0.1) is 0 Å². The van der Waals surface area contributed by atoms with Crippen LogP contribution in [0.4, 0.5) is 4.79 Å². The first-order valence-electron chi connectivity index (χ1n) is 5.34. The summed E-state index contributed by atoms with van der Waals surface area (Å²) >= 11 is 0. The average Bonchev–Trinajstić information content (AvgIpc) is 2.49. The van der Waals surface area contributed by atoms with Crippen LogP contribution in [0.2, 0.25) is 25.7 Å². The van der Waals surface area contributed by atoms with Crippen LogP contribution in [0.25, 0.3) is 0 Å². The molecule has 0 aromatic heterocycles. The van der Waals surface area contributed by atoms with Gasteiger partial charge in [0.25, 0.3) is 5.91 Å². The molecule has 0 aliphatic carbocycles. The third-order valence-electron chi connectivity index (χ3n) is 2.21. The number of hydrogen-bond donors (Lipinski definition) is 3. The standard InChI is InChI=1S/C9H19N3O3Si/c1-16(2,3)5-4-15-9(14)11-7-6-10-12-8(7)13/h7,10H,4-6H2,1-3H3,(H,11,14)(H,12,13)/t7-/m1/s1. The quantitative estimate of drug-likeness (QED) is 0.612. The number of hydrazine groups is 1. The number of ether oxygens (including phenoxy) is 1. The summed E-state index contributed by atoms with van der Waals surface area (Å²) in [6.45, 7) is 7.44. The number of rotatable bonds is 4. The summed E-state index contributed by atoms with van der Waals surface area (Å²) in [6.07, 6.45) is -0.526. The fraction of sp³-hybridized carbons (Fsp3) is 0.778. The molecule has 2 amide bonds. The molecule has 92 valence electrons. The first-order valence-corrected chi connectivity index (χ1v) is 9.05. The molecule has 0 saturated carbocycles. The molecule has 0 spiro atoms. The van der Waals surface area contributed by atoms with Crippen molar-refractivity contribution in [2.75, 3.05) is 13.2 Å². The lowest BCUT2D eigenvalue weighted by Gasteiger charge is -2.16. The van der Waals surface area contributed by atoms with Crippen molar-refractivity contribution in [3.05, 3.63) is 0 Å². The Morgan fingerprint density at radius 1 is 1.56 bits per heavy atom. The Bertz CT molecular complexity index is 278. The molecule has 1 saturated heterocycles. The van der Waals surface area contributed by atoms with Crippen LogP contribution in [0.5, 0.6) is 0 Å². The van der Waals surface area contributed by atoms with Gasteiger partial charge >= 0.3 is 6.09 Å². The smallest absolute Gasteiger partial charge is 0.407 e. The van der Waals surface area contributed by atoms with Crippen molar-refractivity contribution in [2.45, 2.75) is 31.7 Å². The highest BCUT2D eigenvalue weighted by Gasteiger charge is 2.26. The van der Waals surface area contributed by atoms with Crippen LogP contribution >= 0.6 is 0 Å². The molecule has 1 atom stereocenters. The van der Waals surface area contributed by atoms with E-state index in [1.54, 1.807) is 0 Å². The molecule has 1 heterocycles. The van der Waals surface area contributed by atoms with E-state index >= 15 is 0 Å². The van der Waals surface area contributed by atoms with E-state index in [-0.39, 0.29) is 5.91 Å². The van der Waals surface area contributed by atoms with Gasteiger partial charge in [0.2, 0.25) is 0 Å². The fourth-order valence-corrected chi connectivity index (χ4v) is 1.88. The van der Waals surface area contributed by atoms with Crippen molar-refractivity contribution in [3.8, 4) is 0 Å². The fourth-order valence-electron chi connectivity index (χ4n) is 1.17. The Hall–Kier alpha value is -1.08. The molecule has 0 radical (unpaired) electrons. The van der Waals surface area contributed by atoms with Crippen LogP contribution in [0.15, 0.2) is 0 Å². The number of carbonyl (C=O) groups excluding carboxylic acids is 2. The predicted octanol–water partition coefficient (Wildman–Crippen LogP) is 0.0538. The second-order valence-corrected chi connectivity index (χ2v) is 10.6. The Labute approximate surface area is 96.1 Å². The normalized spacial score (nSPS) is 20.4. The summed E-state index contributed by atoms with van der Waals surface area (Å²) in [5, 5.41) is 2.49. The Balaban J connectivity index is 2.18. The number of hydrogen-bond acceptors (Lipinski definition) is 4. The zero-order chi connectivity index (χ0) is 12.2. The number of carbonyl (C=O) groups is 2. The van der Waals surface area contributed by atoms with Gasteiger partial charge < -0.3 is 10.1 Å². The number of amides is 2. The van der Waals surface area contributed by atoms with Crippen molar-refractivity contribution in [1.29, 1.82) is 0 Å². The minimum Gasteiger partial charge on any atom is -0.450 e. The first-order chi connectivity index (χ1) is 7.38. The second kappa shape index (κ2) is 5.31. The van der Waals surface area contributed by atoms with E-state index in [2.05, 4.69) is 35.8 Å². The summed E-state index contributed by atoms with van der Waals surface area (Å²) in [5.74, 6) is -0.234. The van der Waals surface area contributed by atoms with Gasteiger partial charge in [0, 0.05) is 14.6 Å². The average molecular weight is 245 g/mol. The lowest BCUT2D eigenvalue weighted by molar-refractivity contribution is -0.121. The van der Waals surface area contributed by atoms with Gasteiger partial charge in [-0.2, -0.15) is 0 Å². The van der Waals surface area contributed by atoms with Crippen LogP contribution in [-0.2, 0) is 9.53 Å². The van der Waals surface area contributed by atoms with Gasteiger partial charge in [-0.3, -0.25) is 10.2 Å². The number of nitrogens with one attached hydrogen (secondary N) is 3. The Kier molecular flexibility index (Phi) is 4.31. The molecule has 6 nitrogen and oxygen atoms in total. The maximum atomic E-state index is 11.3. The van der Waals surface area contributed by atoms with Crippen LogP contribution in [0.3, 0.4) is 0 Å². The molecule has 0 aromatic rings. The maximum Gasteiger partial charge on any atom is 0.407 e. The van der Waals surface area contributed by atoms with E-state index < -0.39 is 20.2 Å². The topological polar surface area (TPSA) is 79.5 Å². The minimum atomic E-state index is -1.18. The highest BCUT2D eigenvalue weighted by molar-refractivity contribution is 6.76. The van der Waals surface area contributed by atoms with Gasteiger partial charge in [0.15, 0.2) is 0 Å². The molecule has 16 heavy (non-hydrogen) atoms. The molecule has 0 unspecified atom stereocenters. The van der Waals surface area contributed by atoms with Crippen molar-refractivity contribution >= 4 is 20.1 Å². The Morgan fingerprint density at radius 3 is 2.75 bits per heavy atom. The third-order valence-corrected chi connectivity index (χ3v) is 3.92. The summed E-state index contributed by atoms with van der Waals surface area (Å²) < 4.78 is 5.01. The molecular formula is C9H19N3O3Si. The Morgan fingerprint density at radius 2 is 2.25 bits per heavy atom. The lowest BCUT2D eigenvalue weighted by atomic mass is 10.3. The molecule has 1 aliphatic heterocycles. The predicted molar refractivity (Wildman–Crippen MR) is 62.6 cm³/mol. The minimum absolute atomic E-state index is 0.234. The zero-order valence-electron chi connectivity index (χ0n) is 9.92. The van der Waals surface area contributed by atoms with Crippen molar-refractivity contribution in [2.24, 2.45) is 0 Å². The van der Waals surface area contributed by atoms with Crippen molar-refractivity contribution in [1.82, 2.24) is 16.2 Å². The molecule has 1 rings (SSSR count). The SMILES string of the molecule is C[Si](C)(C)CCOC(=O)N[C@@H]1CNNC1=O. The van der Waals surface area contributed by atoms with E-state index in [0.717, 1.165) is 6.04 Å². The second-order valence-electron chi connectivity index (χ2n) is 5.01. The largest absolute Gasteiger partial charge is 0.450 e. The van der Waals surface area contributed by atoms with Gasteiger partial charge in [0.05, 0.1) is 6.61 Å². The van der Waals surface area contributed by atoms with Crippen LogP contribution < -0.4 is 16.2 Å². The summed E-state index contributed by atoms with van der Waals surface area (Å²) in [7, 11) is -1.18.